The summed E-state index contributed by atoms with van der Waals surface area (Å²) in [7, 11) is 0. The quantitative estimate of drug-likeness (QED) is 0.440. The maximum Gasteiger partial charge on any atom is 0.322 e. The predicted molar refractivity (Wildman–Crippen MR) is 71.5 cm³/mol. The normalized spacial score (nSPS) is 13.9. The molecule has 0 fully saturated rings. The zero-order valence-electron chi connectivity index (χ0n) is 10.6. The number of rotatable bonds is 10. The van der Waals surface area contributed by atoms with Crippen molar-refractivity contribution in [1.29, 1.82) is 0 Å². The molecule has 6 nitrogen and oxygen atoms in total. The first-order chi connectivity index (χ1) is 8.51. The van der Waals surface area contributed by atoms with E-state index in [9.17, 15) is 9.59 Å². The number of carboxylic acids is 1. The second-order valence-electron chi connectivity index (χ2n) is 3.97. The molecule has 1 amide bonds. The lowest BCUT2D eigenvalue weighted by molar-refractivity contribution is -0.138. The molecule has 18 heavy (non-hydrogen) atoms. The van der Waals surface area contributed by atoms with Gasteiger partial charge >= 0.3 is 5.97 Å². The van der Waals surface area contributed by atoms with Crippen LogP contribution in [0.25, 0.3) is 0 Å². The van der Waals surface area contributed by atoms with Crippen LogP contribution in [0.5, 0.6) is 0 Å². The minimum Gasteiger partial charge on any atom is -0.480 e. The number of hydrogen-bond acceptors (Lipinski definition) is 5. The molecule has 2 atom stereocenters. The lowest BCUT2D eigenvalue weighted by Gasteiger charge is -2.17. The summed E-state index contributed by atoms with van der Waals surface area (Å²) in [5.41, 5.74) is 5.66. The minimum atomic E-state index is -1.09. The molecule has 0 rings (SSSR count). The first-order valence-electron chi connectivity index (χ1n) is 5.98. The molecular formula is C11H22N2O4S. The Hall–Kier alpha value is -0.790. The number of nitrogens with two attached hydrogens (primary N) is 1. The van der Waals surface area contributed by atoms with E-state index in [4.69, 9.17) is 15.9 Å². The molecule has 0 spiro atoms. The van der Waals surface area contributed by atoms with E-state index >= 15 is 0 Å². The van der Waals surface area contributed by atoms with Gasteiger partial charge in [0.25, 0.3) is 0 Å². The Morgan fingerprint density at radius 2 is 2.06 bits per heavy atom. The zero-order valence-corrected chi connectivity index (χ0v) is 11.4. The van der Waals surface area contributed by atoms with Crippen molar-refractivity contribution in [3.8, 4) is 0 Å². The predicted octanol–water partition coefficient (Wildman–Crippen LogP) is -0.201. The van der Waals surface area contributed by atoms with Gasteiger partial charge in [-0.1, -0.05) is 13.3 Å². The Balaban J connectivity index is 3.93. The molecule has 7 heteroatoms. The van der Waals surface area contributed by atoms with Crippen LogP contribution in [0.15, 0.2) is 0 Å². The van der Waals surface area contributed by atoms with Crippen molar-refractivity contribution < 1.29 is 19.8 Å². The summed E-state index contributed by atoms with van der Waals surface area (Å²) in [5, 5.41) is 19.8. The van der Waals surface area contributed by atoms with Gasteiger partial charge in [0.15, 0.2) is 0 Å². The van der Waals surface area contributed by atoms with Gasteiger partial charge in [-0.25, -0.2) is 0 Å². The largest absolute Gasteiger partial charge is 0.480 e. The minimum absolute atomic E-state index is 0.123. The van der Waals surface area contributed by atoms with Crippen LogP contribution < -0.4 is 11.1 Å². The van der Waals surface area contributed by atoms with Crippen LogP contribution in [0, 0.1) is 0 Å². The number of amides is 1. The van der Waals surface area contributed by atoms with Gasteiger partial charge in [-0.05, 0) is 12.8 Å². The molecular weight excluding hydrogens is 256 g/mol. The van der Waals surface area contributed by atoms with E-state index in [0.717, 1.165) is 12.8 Å². The molecule has 0 aromatic carbocycles. The summed E-state index contributed by atoms with van der Waals surface area (Å²) >= 11 is 1.55. The van der Waals surface area contributed by atoms with Gasteiger partial charge in [-0.15, -0.1) is 0 Å². The number of thioether (sulfide) groups is 1. The molecule has 0 aliphatic carbocycles. The average Bonchev–Trinajstić information content (AvgIpc) is 2.33. The van der Waals surface area contributed by atoms with Crippen molar-refractivity contribution >= 4 is 23.6 Å². The molecule has 0 bridgehead atoms. The fourth-order valence-electron chi connectivity index (χ4n) is 1.39. The molecule has 106 valence electrons. The molecule has 0 aliphatic rings. The average molecular weight is 278 g/mol. The fourth-order valence-corrected chi connectivity index (χ4v) is 2.69. The molecule has 0 unspecified atom stereocenters. The summed E-state index contributed by atoms with van der Waals surface area (Å²) in [5.74, 6) is -1.12. The SMILES string of the molecule is CCC[C@H](CCO)SC[C@H](N)C(=O)NCC(=O)O. The van der Waals surface area contributed by atoms with Gasteiger partial charge in [0.1, 0.15) is 6.54 Å². The van der Waals surface area contributed by atoms with E-state index in [2.05, 4.69) is 12.2 Å². The van der Waals surface area contributed by atoms with E-state index in [-0.39, 0.29) is 6.61 Å². The zero-order chi connectivity index (χ0) is 14.0. The van der Waals surface area contributed by atoms with Crippen molar-refractivity contribution in [2.45, 2.75) is 37.5 Å². The van der Waals surface area contributed by atoms with Gasteiger partial charge in [-0.2, -0.15) is 11.8 Å². The van der Waals surface area contributed by atoms with Crippen molar-refractivity contribution in [3.05, 3.63) is 0 Å². The summed E-state index contributed by atoms with van der Waals surface area (Å²) in [6.45, 7) is 1.77. The van der Waals surface area contributed by atoms with Crippen molar-refractivity contribution in [2.24, 2.45) is 5.73 Å². The molecule has 0 heterocycles. The summed E-state index contributed by atoms with van der Waals surface area (Å²) in [6, 6.07) is -0.715. The molecule has 0 aromatic heterocycles. The lowest BCUT2D eigenvalue weighted by atomic mass is 10.2. The number of aliphatic hydroxyl groups excluding tert-OH is 1. The Labute approximate surface area is 111 Å². The highest BCUT2D eigenvalue weighted by molar-refractivity contribution is 7.99. The highest BCUT2D eigenvalue weighted by Gasteiger charge is 2.16. The number of aliphatic carboxylic acids is 1. The summed E-state index contributed by atoms with van der Waals surface area (Å²) in [6.07, 6.45) is 2.66. The first kappa shape index (κ1) is 17.2. The highest BCUT2D eigenvalue weighted by atomic mass is 32.2. The van der Waals surface area contributed by atoms with E-state index in [0.29, 0.717) is 17.4 Å². The van der Waals surface area contributed by atoms with E-state index in [1.165, 1.54) is 0 Å². The third-order valence-corrected chi connectivity index (χ3v) is 3.82. The van der Waals surface area contributed by atoms with E-state index in [1.807, 2.05) is 0 Å². The summed E-state index contributed by atoms with van der Waals surface area (Å²) < 4.78 is 0. The number of nitrogens with one attached hydrogen (secondary N) is 1. The number of carbonyl (C=O) groups excluding carboxylic acids is 1. The van der Waals surface area contributed by atoms with Gasteiger partial charge in [0.2, 0.25) is 5.91 Å². The summed E-state index contributed by atoms with van der Waals surface area (Å²) in [4.78, 5) is 21.7. The van der Waals surface area contributed by atoms with Crippen LogP contribution in [-0.4, -0.2) is 52.3 Å². The Morgan fingerprint density at radius 1 is 1.39 bits per heavy atom. The molecule has 0 aromatic rings. The van der Waals surface area contributed by atoms with Crippen LogP contribution >= 0.6 is 11.8 Å². The number of hydrogen-bond donors (Lipinski definition) is 4. The molecule has 5 N–H and O–H groups in total. The van der Waals surface area contributed by atoms with E-state index < -0.39 is 24.5 Å². The monoisotopic (exact) mass is 278 g/mol. The molecule has 0 saturated heterocycles. The van der Waals surface area contributed by atoms with E-state index in [1.54, 1.807) is 11.8 Å². The number of aliphatic hydroxyl groups is 1. The maximum absolute atomic E-state index is 11.4. The fraction of sp³-hybridized carbons (Fsp3) is 0.818. The van der Waals surface area contributed by atoms with Crippen molar-refractivity contribution in [2.75, 3.05) is 18.9 Å². The Morgan fingerprint density at radius 3 is 2.56 bits per heavy atom. The van der Waals surface area contributed by atoms with Gasteiger partial charge < -0.3 is 21.3 Å². The van der Waals surface area contributed by atoms with Gasteiger partial charge in [0, 0.05) is 17.6 Å². The lowest BCUT2D eigenvalue weighted by Crippen LogP contribution is -2.44. The van der Waals surface area contributed by atoms with Crippen LogP contribution in [-0.2, 0) is 9.59 Å². The van der Waals surface area contributed by atoms with Crippen LogP contribution in [0.3, 0.4) is 0 Å². The molecule has 0 aliphatic heterocycles. The van der Waals surface area contributed by atoms with Gasteiger partial charge in [0.05, 0.1) is 6.04 Å². The maximum atomic E-state index is 11.4. The second-order valence-corrected chi connectivity index (χ2v) is 5.31. The highest BCUT2D eigenvalue weighted by Crippen LogP contribution is 2.20. The first-order valence-corrected chi connectivity index (χ1v) is 7.03. The smallest absolute Gasteiger partial charge is 0.322 e. The Bertz CT molecular complexity index is 257. The third kappa shape index (κ3) is 8.32. The van der Waals surface area contributed by atoms with Crippen molar-refractivity contribution in [3.63, 3.8) is 0 Å². The standard InChI is InChI=1S/C11H22N2O4S/c1-2-3-8(4-5-14)18-7-9(12)11(17)13-6-10(15)16/h8-9,14H,2-7,12H2,1H3,(H,13,17)(H,15,16)/t8-,9+/m1/s1. The van der Waals surface area contributed by atoms with Crippen LogP contribution in [0.1, 0.15) is 26.2 Å². The van der Waals surface area contributed by atoms with Crippen molar-refractivity contribution in [1.82, 2.24) is 5.32 Å². The van der Waals surface area contributed by atoms with Crippen LogP contribution in [0.4, 0.5) is 0 Å². The van der Waals surface area contributed by atoms with Crippen LogP contribution in [0.2, 0.25) is 0 Å². The molecule has 0 radical (unpaired) electrons. The molecule has 0 saturated carbocycles. The second kappa shape index (κ2) is 10.2. The van der Waals surface area contributed by atoms with Gasteiger partial charge in [-0.3, -0.25) is 9.59 Å². The third-order valence-electron chi connectivity index (χ3n) is 2.32. The Kier molecular flexibility index (Phi) is 9.72. The topological polar surface area (TPSA) is 113 Å². The number of carboxylic acid groups (broad SMARTS) is 1. The number of carbonyl (C=O) groups is 2.